The first-order valence-electron chi connectivity index (χ1n) is 8.44. The summed E-state index contributed by atoms with van der Waals surface area (Å²) in [6, 6.07) is 10.0. The third-order valence-electron chi connectivity index (χ3n) is 4.79. The molecule has 1 aliphatic heterocycles. The normalized spacial score (nSPS) is 22.3. The molecule has 0 unspecified atom stereocenters. The maximum absolute atomic E-state index is 13.0. The highest BCUT2D eigenvalue weighted by Crippen LogP contribution is 2.49. The average molecular weight is 316 g/mol. The second-order valence-electron chi connectivity index (χ2n) is 6.40. The Kier molecular flexibility index (Phi) is 4.55. The summed E-state index contributed by atoms with van der Waals surface area (Å²) in [4.78, 5) is 26.5. The Bertz CT molecular complexity index is 569. The van der Waals surface area contributed by atoms with Crippen LogP contribution in [0.25, 0.3) is 0 Å². The Morgan fingerprint density at radius 1 is 1.30 bits per heavy atom. The van der Waals surface area contributed by atoms with Gasteiger partial charge in [0.15, 0.2) is 0 Å². The Morgan fingerprint density at radius 3 is 2.70 bits per heavy atom. The molecule has 1 saturated carbocycles. The van der Waals surface area contributed by atoms with Crippen LogP contribution in [0.3, 0.4) is 0 Å². The van der Waals surface area contributed by atoms with Gasteiger partial charge in [0.25, 0.3) is 0 Å². The molecule has 2 fully saturated rings. The van der Waals surface area contributed by atoms with E-state index in [9.17, 15) is 9.59 Å². The molecule has 1 heterocycles. The van der Waals surface area contributed by atoms with Crippen LogP contribution in [-0.4, -0.2) is 42.6 Å². The van der Waals surface area contributed by atoms with Crippen molar-refractivity contribution >= 4 is 12.0 Å². The van der Waals surface area contributed by atoms with Crippen LogP contribution in [0, 0.1) is 0 Å². The number of benzene rings is 1. The molecule has 1 saturated heterocycles. The lowest BCUT2D eigenvalue weighted by Gasteiger charge is -2.35. The van der Waals surface area contributed by atoms with Gasteiger partial charge in [-0.3, -0.25) is 4.79 Å². The summed E-state index contributed by atoms with van der Waals surface area (Å²) >= 11 is 0. The standard InChI is InChI=1S/C18H24N2O3/c1-2-23-17(22)19-15-9-6-12-20(13-15)16(21)18(10-11-18)14-7-4-3-5-8-14/h3-5,7-8,15H,2,6,9-13H2,1H3,(H,19,22)/t15-/m0/s1. The fourth-order valence-electron chi connectivity index (χ4n) is 3.43. The zero-order valence-electron chi connectivity index (χ0n) is 13.6. The molecule has 2 amide bonds. The minimum atomic E-state index is -0.393. The van der Waals surface area contributed by atoms with Crippen molar-refractivity contribution in [1.82, 2.24) is 10.2 Å². The van der Waals surface area contributed by atoms with Crippen molar-refractivity contribution in [3.8, 4) is 0 Å². The number of ether oxygens (including phenoxy) is 1. The highest BCUT2D eigenvalue weighted by Gasteiger charge is 2.53. The summed E-state index contributed by atoms with van der Waals surface area (Å²) < 4.78 is 4.94. The molecule has 3 rings (SSSR count). The Labute approximate surface area is 137 Å². The Morgan fingerprint density at radius 2 is 2.04 bits per heavy atom. The van der Waals surface area contributed by atoms with E-state index in [2.05, 4.69) is 5.32 Å². The summed E-state index contributed by atoms with van der Waals surface area (Å²) in [5.41, 5.74) is 0.790. The van der Waals surface area contributed by atoms with Gasteiger partial charge in [-0.15, -0.1) is 0 Å². The van der Waals surface area contributed by atoms with E-state index < -0.39 is 6.09 Å². The first-order chi connectivity index (χ1) is 11.2. The first-order valence-corrected chi connectivity index (χ1v) is 8.44. The van der Waals surface area contributed by atoms with Crippen molar-refractivity contribution in [3.05, 3.63) is 35.9 Å². The van der Waals surface area contributed by atoms with Crippen molar-refractivity contribution in [3.63, 3.8) is 0 Å². The SMILES string of the molecule is CCOC(=O)N[C@H]1CCCN(C(=O)C2(c3ccccc3)CC2)C1. The number of rotatable bonds is 4. The number of hydrogen-bond donors (Lipinski definition) is 1. The molecule has 5 nitrogen and oxygen atoms in total. The molecule has 0 spiro atoms. The molecule has 1 aromatic rings. The van der Waals surface area contributed by atoms with Gasteiger partial charge in [0.2, 0.25) is 5.91 Å². The molecule has 124 valence electrons. The molecular weight excluding hydrogens is 292 g/mol. The quantitative estimate of drug-likeness (QED) is 0.928. The molecule has 5 heteroatoms. The predicted molar refractivity (Wildman–Crippen MR) is 87.1 cm³/mol. The van der Waals surface area contributed by atoms with Crippen LogP contribution in [0.5, 0.6) is 0 Å². The first kappa shape index (κ1) is 15.8. The van der Waals surface area contributed by atoms with Crippen LogP contribution >= 0.6 is 0 Å². The number of amides is 2. The van der Waals surface area contributed by atoms with Crippen molar-refractivity contribution in [2.45, 2.75) is 44.1 Å². The number of hydrogen-bond acceptors (Lipinski definition) is 3. The molecule has 1 aliphatic carbocycles. The summed E-state index contributed by atoms with van der Waals surface area (Å²) in [7, 11) is 0. The van der Waals surface area contributed by atoms with E-state index in [1.54, 1.807) is 6.92 Å². The third kappa shape index (κ3) is 3.33. The smallest absolute Gasteiger partial charge is 0.407 e. The lowest BCUT2D eigenvalue weighted by atomic mass is 9.93. The number of nitrogens with one attached hydrogen (secondary N) is 1. The molecule has 0 aromatic heterocycles. The van der Waals surface area contributed by atoms with Gasteiger partial charge in [0, 0.05) is 19.1 Å². The van der Waals surface area contributed by atoms with E-state index in [1.165, 1.54) is 0 Å². The number of alkyl carbamates (subject to hydrolysis) is 1. The van der Waals surface area contributed by atoms with E-state index in [1.807, 2.05) is 35.2 Å². The van der Waals surface area contributed by atoms with Crippen molar-refractivity contribution < 1.29 is 14.3 Å². The second-order valence-corrected chi connectivity index (χ2v) is 6.40. The van der Waals surface area contributed by atoms with Gasteiger partial charge in [-0.1, -0.05) is 30.3 Å². The van der Waals surface area contributed by atoms with Crippen LogP contribution in [0.2, 0.25) is 0 Å². The van der Waals surface area contributed by atoms with E-state index in [0.717, 1.165) is 37.8 Å². The van der Waals surface area contributed by atoms with Gasteiger partial charge in [-0.25, -0.2) is 4.79 Å². The summed E-state index contributed by atoms with van der Waals surface area (Å²) in [6.07, 6.45) is 3.25. The minimum absolute atomic E-state index is 0.0154. The number of nitrogens with zero attached hydrogens (tertiary/aromatic N) is 1. The van der Waals surface area contributed by atoms with E-state index in [-0.39, 0.29) is 17.4 Å². The van der Waals surface area contributed by atoms with E-state index >= 15 is 0 Å². The largest absolute Gasteiger partial charge is 0.450 e. The highest BCUT2D eigenvalue weighted by molar-refractivity contribution is 5.91. The van der Waals surface area contributed by atoms with Gasteiger partial charge in [-0.2, -0.15) is 0 Å². The third-order valence-corrected chi connectivity index (χ3v) is 4.79. The number of carbonyl (C=O) groups excluding carboxylic acids is 2. The second kappa shape index (κ2) is 6.60. The van der Waals surface area contributed by atoms with Crippen molar-refractivity contribution in [2.24, 2.45) is 0 Å². The number of carbonyl (C=O) groups is 2. The zero-order chi connectivity index (χ0) is 16.3. The monoisotopic (exact) mass is 316 g/mol. The maximum atomic E-state index is 13.0. The topological polar surface area (TPSA) is 58.6 Å². The van der Waals surface area contributed by atoms with Gasteiger partial charge in [-0.05, 0) is 38.2 Å². The molecule has 1 aromatic carbocycles. The van der Waals surface area contributed by atoms with Gasteiger partial charge in [0.1, 0.15) is 0 Å². The fourth-order valence-corrected chi connectivity index (χ4v) is 3.43. The Hall–Kier alpha value is -2.04. The predicted octanol–water partition coefficient (Wildman–Crippen LogP) is 2.46. The maximum Gasteiger partial charge on any atom is 0.407 e. The van der Waals surface area contributed by atoms with Gasteiger partial charge < -0.3 is 15.0 Å². The molecular formula is C18H24N2O3. The fraction of sp³-hybridized carbons (Fsp3) is 0.556. The van der Waals surface area contributed by atoms with Crippen LogP contribution in [0.4, 0.5) is 4.79 Å². The highest BCUT2D eigenvalue weighted by atomic mass is 16.5. The average Bonchev–Trinajstić information content (AvgIpc) is 3.37. The van der Waals surface area contributed by atoms with Crippen LogP contribution in [0.15, 0.2) is 30.3 Å². The summed E-state index contributed by atoms with van der Waals surface area (Å²) in [5, 5.41) is 2.86. The van der Waals surface area contributed by atoms with E-state index in [4.69, 9.17) is 4.74 Å². The molecule has 0 radical (unpaired) electrons. The Balaban J connectivity index is 1.65. The van der Waals surface area contributed by atoms with Crippen LogP contribution in [-0.2, 0) is 14.9 Å². The molecule has 1 N–H and O–H groups in total. The molecule has 1 atom stereocenters. The van der Waals surface area contributed by atoms with Crippen LogP contribution < -0.4 is 5.32 Å². The van der Waals surface area contributed by atoms with E-state index in [0.29, 0.717) is 13.2 Å². The molecule has 2 aliphatic rings. The van der Waals surface area contributed by atoms with Crippen molar-refractivity contribution in [2.75, 3.05) is 19.7 Å². The summed E-state index contributed by atoms with van der Waals surface area (Å²) in [5.74, 6) is 0.207. The van der Waals surface area contributed by atoms with Crippen molar-refractivity contribution in [1.29, 1.82) is 0 Å². The molecule has 0 bridgehead atoms. The lowest BCUT2D eigenvalue weighted by molar-refractivity contribution is -0.135. The zero-order valence-corrected chi connectivity index (χ0v) is 13.6. The van der Waals surface area contributed by atoms with Crippen LogP contribution in [0.1, 0.15) is 38.2 Å². The van der Waals surface area contributed by atoms with Gasteiger partial charge in [0.05, 0.1) is 12.0 Å². The number of piperidine rings is 1. The summed E-state index contributed by atoms with van der Waals surface area (Å²) in [6.45, 7) is 3.49. The minimum Gasteiger partial charge on any atom is -0.450 e. The number of likely N-dealkylation sites (tertiary alicyclic amines) is 1. The lowest BCUT2D eigenvalue weighted by Crippen LogP contribution is -2.52. The molecule has 23 heavy (non-hydrogen) atoms. The van der Waals surface area contributed by atoms with Gasteiger partial charge >= 0.3 is 6.09 Å².